The molecule has 0 atom stereocenters. The van der Waals surface area contributed by atoms with Gasteiger partial charge in [-0.3, -0.25) is 4.79 Å². The van der Waals surface area contributed by atoms with E-state index in [1.165, 1.54) is 6.08 Å². The summed E-state index contributed by atoms with van der Waals surface area (Å²) in [6.07, 6.45) is 3.10. The molecule has 0 saturated carbocycles. The number of allylic oxidation sites excluding steroid dienone is 1. The first-order valence-corrected chi connectivity index (χ1v) is 6.90. The molecule has 22 heavy (non-hydrogen) atoms. The summed E-state index contributed by atoms with van der Waals surface area (Å²) < 4.78 is 10.4. The summed E-state index contributed by atoms with van der Waals surface area (Å²) in [4.78, 5) is 12.0. The molecule has 0 fully saturated rings. The lowest BCUT2D eigenvalue weighted by Crippen LogP contribution is -1.98. The molecular weight excluding hydrogens is 278 g/mol. The predicted octanol–water partition coefficient (Wildman–Crippen LogP) is 3.82. The lowest BCUT2D eigenvalue weighted by atomic mass is 10.1. The minimum absolute atomic E-state index is 0.0556. The van der Waals surface area contributed by atoms with E-state index in [-0.39, 0.29) is 5.78 Å². The number of carbonyl (C=O) groups excluding carboxylic acids is 1. The monoisotopic (exact) mass is 297 g/mol. The van der Waals surface area contributed by atoms with Crippen molar-refractivity contribution >= 4 is 11.5 Å². The van der Waals surface area contributed by atoms with Crippen LogP contribution in [0.25, 0.3) is 0 Å². The van der Waals surface area contributed by atoms with Crippen molar-refractivity contribution in [2.24, 2.45) is 0 Å². The van der Waals surface area contributed by atoms with Crippen LogP contribution in [0.4, 0.5) is 5.69 Å². The molecule has 0 bridgehead atoms. The first kappa shape index (κ1) is 15.6. The molecule has 1 N–H and O–H groups in total. The summed E-state index contributed by atoms with van der Waals surface area (Å²) in [7, 11) is 3.18. The number of hydrogen-bond donors (Lipinski definition) is 1. The average molecular weight is 297 g/mol. The maximum absolute atomic E-state index is 12.0. The highest BCUT2D eigenvalue weighted by Gasteiger charge is 2.04. The molecule has 0 saturated heterocycles. The summed E-state index contributed by atoms with van der Waals surface area (Å²) in [5.74, 6) is 1.30. The number of rotatable bonds is 6. The highest BCUT2D eigenvalue weighted by atomic mass is 16.5. The van der Waals surface area contributed by atoms with Gasteiger partial charge in [0, 0.05) is 23.9 Å². The number of aryl methyl sites for hydroxylation is 1. The molecule has 0 aliphatic carbocycles. The molecule has 0 unspecified atom stereocenters. The standard InChI is InChI=1S/C18H19NO3/c1-13-4-6-14(7-5-13)17(20)10-11-19-16-9-8-15(21-2)12-18(16)22-3/h4-12,19H,1-3H3/b11-10+. The van der Waals surface area contributed by atoms with Crippen LogP contribution in [0.5, 0.6) is 11.5 Å². The second-order valence-electron chi connectivity index (χ2n) is 4.77. The van der Waals surface area contributed by atoms with Crippen molar-refractivity contribution in [1.29, 1.82) is 0 Å². The van der Waals surface area contributed by atoms with Crippen molar-refractivity contribution in [3.05, 3.63) is 65.9 Å². The summed E-state index contributed by atoms with van der Waals surface area (Å²) in [5.41, 5.74) is 2.54. The second-order valence-corrected chi connectivity index (χ2v) is 4.77. The van der Waals surface area contributed by atoms with Crippen molar-refractivity contribution in [3.8, 4) is 11.5 Å². The SMILES string of the molecule is COc1ccc(N/C=C/C(=O)c2ccc(C)cc2)c(OC)c1. The van der Waals surface area contributed by atoms with E-state index in [1.807, 2.05) is 43.3 Å². The minimum atomic E-state index is -0.0556. The van der Waals surface area contributed by atoms with Crippen molar-refractivity contribution in [2.45, 2.75) is 6.92 Å². The zero-order valence-corrected chi connectivity index (χ0v) is 12.9. The molecule has 0 aromatic heterocycles. The number of anilines is 1. The van der Waals surface area contributed by atoms with Crippen LogP contribution in [0.1, 0.15) is 15.9 Å². The van der Waals surface area contributed by atoms with Gasteiger partial charge in [-0.25, -0.2) is 0 Å². The molecule has 2 aromatic carbocycles. The number of benzene rings is 2. The predicted molar refractivity (Wildman–Crippen MR) is 87.8 cm³/mol. The highest BCUT2D eigenvalue weighted by Crippen LogP contribution is 2.28. The van der Waals surface area contributed by atoms with E-state index in [0.29, 0.717) is 17.1 Å². The van der Waals surface area contributed by atoms with Crippen molar-refractivity contribution in [1.82, 2.24) is 0 Å². The van der Waals surface area contributed by atoms with E-state index < -0.39 is 0 Å². The van der Waals surface area contributed by atoms with Crippen LogP contribution in [0.15, 0.2) is 54.7 Å². The Morgan fingerprint density at radius 3 is 2.41 bits per heavy atom. The van der Waals surface area contributed by atoms with Crippen molar-refractivity contribution < 1.29 is 14.3 Å². The van der Waals surface area contributed by atoms with Gasteiger partial charge in [-0.1, -0.05) is 29.8 Å². The summed E-state index contributed by atoms with van der Waals surface area (Å²) in [5, 5.41) is 3.05. The Hall–Kier alpha value is -2.75. The molecule has 4 nitrogen and oxygen atoms in total. The fourth-order valence-electron chi connectivity index (χ4n) is 1.94. The number of ketones is 1. The molecule has 0 amide bonds. The van der Waals surface area contributed by atoms with E-state index in [4.69, 9.17) is 9.47 Å². The molecule has 0 spiro atoms. The van der Waals surface area contributed by atoms with E-state index in [0.717, 1.165) is 11.3 Å². The second kappa shape index (κ2) is 7.31. The Bertz CT molecular complexity index is 675. The summed E-state index contributed by atoms with van der Waals surface area (Å²) in [6.45, 7) is 1.99. The number of ether oxygens (including phenoxy) is 2. The van der Waals surface area contributed by atoms with Gasteiger partial charge < -0.3 is 14.8 Å². The molecule has 2 aromatic rings. The minimum Gasteiger partial charge on any atom is -0.497 e. The Kier molecular flexibility index (Phi) is 5.20. The topological polar surface area (TPSA) is 47.6 Å². The van der Waals surface area contributed by atoms with E-state index in [2.05, 4.69) is 5.32 Å². The summed E-state index contributed by atoms with van der Waals surface area (Å²) >= 11 is 0. The average Bonchev–Trinajstić information content (AvgIpc) is 2.55. The maximum atomic E-state index is 12.0. The van der Waals surface area contributed by atoms with Crippen LogP contribution in [0, 0.1) is 6.92 Å². The fourth-order valence-corrected chi connectivity index (χ4v) is 1.94. The van der Waals surface area contributed by atoms with Crippen LogP contribution < -0.4 is 14.8 Å². The highest BCUT2D eigenvalue weighted by molar-refractivity contribution is 6.04. The molecule has 114 valence electrons. The smallest absolute Gasteiger partial charge is 0.187 e. The summed E-state index contributed by atoms with van der Waals surface area (Å²) in [6, 6.07) is 12.9. The first-order valence-electron chi connectivity index (χ1n) is 6.90. The third-order valence-electron chi connectivity index (χ3n) is 3.22. The molecular formula is C18H19NO3. The molecule has 0 aliphatic rings. The molecule has 2 rings (SSSR count). The van der Waals surface area contributed by atoms with Gasteiger partial charge in [-0.15, -0.1) is 0 Å². The Morgan fingerprint density at radius 1 is 1.05 bits per heavy atom. The number of methoxy groups -OCH3 is 2. The molecule has 0 heterocycles. The van der Waals surface area contributed by atoms with E-state index in [9.17, 15) is 4.79 Å². The molecule has 0 aliphatic heterocycles. The van der Waals surface area contributed by atoms with Crippen LogP contribution >= 0.6 is 0 Å². The van der Waals surface area contributed by atoms with Crippen LogP contribution in [0.3, 0.4) is 0 Å². The van der Waals surface area contributed by atoms with Gasteiger partial charge in [0.25, 0.3) is 0 Å². The number of carbonyl (C=O) groups is 1. The maximum Gasteiger partial charge on any atom is 0.187 e. The van der Waals surface area contributed by atoms with Crippen molar-refractivity contribution in [3.63, 3.8) is 0 Å². The normalized spacial score (nSPS) is 10.5. The number of nitrogens with one attached hydrogen (secondary N) is 1. The van der Waals surface area contributed by atoms with Gasteiger partial charge >= 0.3 is 0 Å². The zero-order chi connectivity index (χ0) is 15.9. The van der Waals surface area contributed by atoms with Gasteiger partial charge in [0.15, 0.2) is 5.78 Å². The van der Waals surface area contributed by atoms with Crippen LogP contribution in [0.2, 0.25) is 0 Å². The van der Waals surface area contributed by atoms with Crippen LogP contribution in [-0.2, 0) is 0 Å². The van der Waals surface area contributed by atoms with Gasteiger partial charge in [0.1, 0.15) is 11.5 Å². The van der Waals surface area contributed by atoms with Gasteiger partial charge in [0.05, 0.1) is 19.9 Å². The Balaban J connectivity index is 2.06. The van der Waals surface area contributed by atoms with Crippen LogP contribution in [-0.4, -0.2) is 20.0 Å². The van der Waals surface area contributed by atoms with E-state index in [1.54, 1.807) is 26.5 Å². The lowest BCUT2D eigenvalue weighted by Gasteiger charge is -2.09. The fraction of sp³-hybridized carbons (Fsp3) is 0.167. The lowest BCUT2D eigenvalue weighted by molar-refractivity contribution is 0.104. The largest absolute Gasteiger partial charge is 0.497 e. The van der Waals surface area contributed by atoms with Crippen molar-refractivity contribution in [2.75, 3.05) is 19.5 Å². The van der Waals surface area contributed by atoms with Gasteiger partial charge in [-0.2, -0.15) is 0 Å². The quantitative estimate of drug-likeness (QED) is 0.650. The third kappa shape index (κ3) is 3.88. The van der Waals surface area contributed by atoms with Gasteiger partial charge in [-0.05, 0) is 19.1 Å². The molecule has 4 heteroatoms. The third-order valence-corrected chi connectivity index (χ3v) is 3.22. The molecule has 0 radical (unpaired) electrons. The Morgan fingerprint density at radius 2 is 1.77 bits per heavy atom. The zero-order valence-electron chi connectivity index (χ0n) is 12.9. The Labute approximate surface area is 130 Å². The number of hydrogen-bond acceptors (Lipinski definition) is 4. The first-order chi connectivity index (χ1) is 10.6. The van der Waals surface area contributed by atoms with Gasteiger partial charge in [0.2, 0.25) is 0 Å². The van der Waals surface area contributed by atoms with E-state index >= 15 is 0 Å².